The molecule has 2 atom stereocenters. The van der Waals surface area contributed by atoms with Gasteiger partial charge in [-0.25, -0.2) is 0 Å². The molecule has 144 valence electrons. The third kappa shape index (κ3) is 4.67. The van der Waals surface area contributed by atoms with Crippen LogP contribution in [0.4, 0.5) is 5.69 Å². The fourth-order valence-corrected chi connectivity index (χ4v) is 3.52. The Morgan fingerprint density at radius 1 is 1.26 bits per heavy atom. The van der Waals surface area contributed by atoms with Gasteiger partial charge in [0.25, 0.3) is 5.91 Å². The third-order valence-electron chi connectivity index (χ3n) is 5.06. The molecule has 2 aromatic rings. The van der Waals surface area contributed by atoms with Gasteiger partial charge in [0.15, 0.2) is 5.69 Å². The largest absolute Gasteiger partial charge is 0.491 e. The first-order valence-corrected chi connectivity index (χ1v) is 9.69. The van der Waals surface area contributed by atoms with E-state index in [1.807, 2.05) is 35.1 Å². The summed E-state index contributed by atoms with van der Waals surface area (Å²) in [7, 11) is 0. The zero-order valence-electron chi connectivity index (χ0n) is 15.4. The summed E-state index contributed by atoms with van der Waals surface area (Å²) in [6.07, 6.45) is 6.45. The number of hydrogen-bond acceptors (Lipinski definition) is 5. The van der Waals surface area contributed by atoms with Crippen LogP contribution in [-0.2, 0) is 4.74 Å². The number of carbonyl (C=O) groups excluding carboxylic acids is 1. The van der Waals surface area contributed by atoms with E-state index in [1.54, 1.807) is 6.07 Å². The van der Waals surface area contributed by atoms with Crippen LogP contribution in [0.1, 0.15) is 42.2 Å². The number of aromatic nitrogens is 2. The Hall–Kier alpha value is -2.38. The minimum atomic E-state index is -0.203. The van der Waals surface area contributed by atoms with E-state index in [9.17, 15) is 4.79 Å². The van der Waals surface area contributed by atoms with Crippen LogP contribution in [0.3, 0.4) is 0 Å². The van der Waals surface area contributed by atoms with E-state index in [4.69, 9.17) is 9.47 Å². The Bertz CT molecular complexity index is 747. The quantitative estimate of drug-likeness (QED) is 0.817. The maximum Gasteiger partial charge on any atom is 0.276 e. The van der Waals surface area contributed by atoms with Gasteiger partial charge in [0.05, 0.1) is 12.1 Å². The van der Waals surface area contributed by atoms with Gasteiger partial charge in [0, 0.05) is 25.0 Å². The lowest BCUT2D eigenvalue weighted by atomic mass is 10.1. The molecule has 7 nitrogen and oxygen atoms in total. The van der Waals surface area contributed by atoms with Crippen LogP contribution in [0.2, 0.25) is 0 Å². The highest BCUT2D eigenvalue weighted by molar-refractivity contribution is 6.02. The molecule has 2 fully saturated rings. The fraction of sp³-hybridized carbons (Fsp3) is 0.500. The summed E-state index contributed by atoms with van der Waals surface area (Å²) in [5.41, 5.74) is 1.15. The predicted octanol–water partition coefficient (Wildman–Crippen LogP) is 2.62. The summed E-state index contributed by atoms with van der Waals surface area (Å²) in [5, 5.41) is 10.7. The highest BCUT2D eigenvalue weighted by Gasteiger charge is 2.18. The SMILES string of the molecule is O=C(Nc1ccc(OCC2CCCO2)cc1)c1ccn(C2CCCNC2)n1. The van der Waals surface area contributed by atoms with Gasteiger partial charge < -0.3 is 20.1 Å². The van der Waals surface area contributed by atoms with Crippen molar-refractivity contribution >= 4 is 11.6 Å². The zero-order valence-corrected chi connectivity index (χ0v) is 15.4. The van der Waals surface area contributed by atoms with Gasteiger partial charge in [-0.2, -0.15) is 5.10 Å². The van der Waals surface area contributed by atoms with Gasteiger partial charge in [-0.05, 0) is 62.6 Å². The van der Waals surface area contributed by atoms with Crippen molar-refractivity contribution < 1.29 is 14.3 Å². The molecule has 4 rings (SSSR count). The van der Waals surface area contributed by atoms with Crippen molar-refractivity contribution in [2.75, 3.05) is 31.6 Å². The molecule has 27 heavy (non-hydrogen) atoms. The Morgan fingerprint density at radius 2 is 2.15 bits per heavy atom. The van der Waals surface area contributed by atoms with E-state index in [2.05, 4.69) is 15.7 Å². The number of piperidine rings is 1. The molecule has 0 radical (unpaired) electrons. The predicted molar refractivity (Wildman–Crippen MR) is 102 cm³/mol. The average Bonchev–Trinajstić information content (AvgIpc) is 3.40. The van der Waals surface area contributed by atoms with Gasteiger partial charge in [-0.3, -0.25) is 9.48 Å². The van der Waals surface area contributed by atoms with Crippen molar-refractivity contribution in [3.05, 3.63) is 42.2 Å². The van der Waals surface area contributed by atoms with Crippen LogP contribution in [0.5, 0.6) is 5.75 Å². The molecule has 0 bridgehead atoms. The van der Waals surface area contributed by atoms with Gasteiger partial charge in [0.1, 0.15) is 12.4 Å². The molecule has 2 aliphatic rings. The molecule has 0 spiro atoms. The Labute approximate surface area is 159 Å². The molecule has 2 saturated heterocycles. The van der Waals surface area contributed by atoms with Crippen LogP contribution in [-0.4, -0.2) is 48.1 Å². The van der Waals surface area contributed by atoms with Crippen LogP contribution < -0.4 is 15.4 Å². The Balaban J connectivity index is 1.30. The summed E-state index contributed by atoms with van der Waals surface area (Å²) in [5.74, 6) is 0.572. The van der Waals surface area contributed by atoms with E-state index in [0.717, 1.165) is 56.8 Å². The molecule has 1 amide bonds. The number of benzene rings is 1. The summed E-state index contributed by atoms with van der Waals surface area (Å²) in [4.78, 5) is 12.4. The van der Waals surface area contributed by atoms with Gasteiger partial charge in [-0.15, -0.1) is 0 Å². The number of hydrogen-bond donors (Lipinski definition) is 2. The summed E-state index contributed by atoms with van der Waals surface area (Å²) >= 11 is 0. The topological polar surface area (TPSA) is 77.4 Å². The molecule has 0 aliphatic carbocycles. The Kier molecular flexibility index (Phi) is 5.69. The van der Waals surface area contributed by atoms with Crippen molar-refractivity contribution in [3.63, 3.8) is 0 Å². The normalized spacial score (nSPS) is 22.5. The zero-order chi connectivity index (χ0) is 18.5. The molecule has 0 saturated carbocycles. The molecular weight excluding hydrogens is 344 g/mol. The molecule has 3 heterocycles. The smallest absolute Gasteiger partial charge is 0.276 e. The standard InChI is InChI=1S/C20H26N4O3/c25-20(19-9-11-24(23-19)16-3-1-10-21-13-16)22-15-5-7-17(8-6-15)27-14-18-4-2-12-26-18/h5-9,11,16,18,21H,1-4,10,12-14H2,(H,22,25). The monoisotopic (exact) mass is 370 g/mol. The second kappa shape index (κ2) is 8.54. The van der Waals surface area contributed by atoms with Crippen molar-refractivity contribution in [2.24, 2.45) is 0 Å². The number of nitrogens with zero attached hydrogens (tertiary/aromatic N) is 2. The molecular formula is C20H26N4O3. The number of anilines is 1. The van der Waals surface area contributed by atoms with Gasteiger partial charge in [-0.1, -0.05) is 0 Å². The number of ether oxygens (including phenoxy) is 2. The lowest BCUT2D eigenvalue weighted by Crippen LogP contribution is -2.32. The van der Waals surface area contributed by atoms with Crippen molar-refractivity contribution in [1.29, 1.82) is 0 Å². The van der Waals surface area contributed by atoms with E-state index in [1.165, 1.54) is 0 Å². The van der Waals surface area contributed by atoms with Crippen LogP contribution in [0.15, 0.2) is 36.5 Å². The third-order valence-corrected chi connectivity index (χ3v) is 5.06. The van der Waals surface area contributed by atoms with Crippen LogP contribution >= 0.6 is 0 Å². The minimum absolute atomic E-state index is 0.193. The van der Waals surface area contributed by atoms with Crippen LogP contribution in [0, 0.1) is 0 Å². The van der Waals surface area contributed by atoms with E-state index in [-0.39, 0.29) is 12.0 Å². The summed E-state index contributed by atoms with van der Waals surface area (Å²) in [6.45, 7) is 3.35. The van der Waals surface area contributed by atoms with Gasteiger partial charge in [0.2, 0.25) is 0 Å². The van der Waals surface area contributed by atoms with Crippen molar-refractivity contribution in [1.82, 2.24) is 15.1 Å². The number of carbonyl (C=O) groups is 1. The minimum Gasteiger partial charge on any atom is -0.491 e. The fourth-order valence-electron chi connectivity index (χ4n) is 3.52. The highest BCUT2D eigenvalue weighted by Crippen LogP contribution is 2.19. The second-order valence-electron chi connectivity index (χ2n) is 7.11. The van der Waals surface area contributed by atoms with E-state index in [0.29, 0.717) is 18.3 Å². The molecule has 1 aromatic carbocycles. The first-order chi connectivity index (χ1) is 13.3. The van der Waals surface area contributed by atoms with Gasteiger partial charge >= 0.3 is 0 Å². The second-order valence-corrected chi connectivity index (χ2v) is 7.11. The molecule has 1 aromatic heterocycles. The van der Waals surface area contributed by atoms with Crippen molar-refractivity contribution in [2.45, 2.75) is 37.8 Å². The molecule has 2 N–H and O–H groups in total. The lowest BCUT2D eigenvalue weighted by molar-refractivity contribution is 0.0679. The number of rotatable bonds is 6. The molecule has 2 unspecified atom stereocenters. The van der Waals surface area contributed by atoms with E-state index >= 15 is 0 Å². The number of nitrogens with one attached hydrogen (secondary N) is 2. The molecule has 2 aliphatic heterocycles. The summed E-state index contributed by atoms with van der Waals surface area (Å²) < 4.78 is 13.2. The van der Waals surface area contributed by atoms with E-state index < -0.39 is 0 Å². The average molecular weight is 370 g/mol. The Morgan fingerprint density at radius 3 is 2.89 bits per heavy atom. The highest BCUT2D eigenvalue weighted by atomic mass is 16.5. The number of amides is 1. The lowest BCUT2D eigenvalue weighted by Gasteiger charge is -2.22. The molecule has 7 heteroatoms. The van der Waals surface area contributed by atoms with Crippen LogP contribution in [0.25, 0.3) is 0 Å². The summed E-state index contributed by atoms with van der Waals surface area (Å²) in [6, 6.07) is 9.48. The maximum absolute atomic E-state index is 12.4. The first kappa shape index (κ1) is 18.0. The maximum atomic E-state index is 12.4. The first-order valence-electron chi connectivity index (χ1n) is 9.69. The van der Waals surface area contributed by atoms with Crippen molar-refractivity contribution in [3.8, 4) is 5.75 Å².